The fourth-order valence-corrected chi connectivity index (χ4v) is 3.17. The Morgan fingerprint density at radius 1 is 1.35 bits per heavy atom. The van der Waals surface area contributed by atoms with Crippen LogP contribution >= 0.6 is 0 Å². The van der Waals surface area contributed by atoms with Crippen molar-refractivity contribution in [2.75, 3.05) is 7.11 Å². The quantitative estimate of drug-likeness (QED) is 0.806. The Bertz CT molecular complexity index is 505. The lowest BCUT2D eigenvalue weighted by Gasteiger charge is -2.14. The molecule has 0 saturated carbocycles. The number of ether oxygens (including phenoxy) is 1. The van der Waals surface area contributed by atoms with Crippen molar-refractivity contribution >= 4 is 15.6 Å². The molecule has 1 aromatic rings. The summed E-state index contributed by atoms with van der Waals surface area (Å²) in [6.07, 6.45) is 0.0143. The molecule has 0 fully saturated rings. The van der Waals surface area contributed by atoms with E-state index in [1.54, 1.807) is 18.2 Å². The molecule has 0 spiro atoms. The molecule has 0 amide bonds. The molecule has 0 N–H and O–H groups in total. The zero-order chi connectivity index (χ0) is 13.1. The van der Waals surface area contributed by atoms with Crippen LogP contribution in [0.1, 0.15) is 20.3 Å². The van der Waals surface area contributed by atoms with Crippen LogP contribution in [0.3, 0.4) is 0 Å². The van der Waals surface area contributed by atoms with Gasteiger partial charge in [-0.25, -0.2) is 8.42 Å². The summed E-state index contributed by atoms with van der Waals surface area (Å²) in [6.45, 7) is 2.91. The normalized spacial score (nSPS) is 13.1. The van der Waals surface area contributed by atoms with E-state index < -0.39 is 15.1 Å². The van der Waals surface area contributed by atoms with Gasteiger partial charge in [-0.3, -0.25) is 4.79 Å². The number of benzene rings is 1. The van der Waals surface area contributed by atoms with Crippen LogP contribution in [0.15, 0.2) is 29.2 Å². The van der Waals surface area contributed by atoms with Gasteiger partial charge in [-0.15, -0.1) is 0 Å². The van der Waals surface area contributed by atoms with Gasteiger partial charge in [0, 0.05) is 6.42 Å². The fraction of sp³-hybridized carbons (Fsp3) is 0.417. The second kappa shape index (κ2) is 5.31. The second-order valence-corrected chi connectivity index (χ2v) is 6.25. The Morgan fingerprint density at radius 3 is 2.47 bits per heavy atom. The molecule has 0 aliphatic heterocycles. The summed E-state index contributed by atoms with van der Waals surface area (Å²) in [4.78, 5) is 11.1. The smallest absolute Gasteiger partial charge is 0.185 e. The van der Waals surface area contributed by atoms with Crippen LogP contribution in [0.25, 0.3) is 0 Å². The number of rotatable bonds is 5. The Labute approximate surface area is 102 Å². The Kier molecular flexibility index (Phi) is 4.28. The van der Waals surface area contributed by atoms with Gasteiger partial charge in [0.25, 0.3) is 0 Å². The molecule has 4 nitrogen and oxygen atoms in total. The fourth-order valence-electron chi connectivity index (χ4n) is 1.59. The summed E-state index contributed by atoms with van der Waals surface area (Å²) >= 11 is 0. The zero-order valence-electron chi connectivity index (χ0n) is 10.1. The monoisotopic (exact) mass is 256 g/mol. The molecule has 17 heavy (non-hydrogen) atoms. The van der Waals surface area contributed by atoms with Crippen LogP contribution < -0.4 is 4.74 Å². The molecule has 0 heterocycles. The van der Waals surface area contributed by atoms with E-state index in [0.29, 0.717) is 5.75 Å². The first kappa shape index (κ1) is 13.7. The van der Waals surface area contributed by atoms with Crippen molar-refractivity contribution in [2.45, 2.75) is 30.4 Å². The second-order valence-electron chi connectivity index (χ2n) is 3.91. The third-order valence-electron chi connectivity index (χ3n) is 2.48. The van der Waals surface area contributed by atoms with Gasteiger partial charge in [0.05, 0.1) is 12.4 Å². The minimum absolute atomic E-state index is 0.0143. The minimum atomic E-state index is -3.52. The molecule has 0 radical (unpaired) electrons. The van der Waals surface area contributed by atoms with Gasteiger partial charge in [-0.05, 0) is 26.0 Å². The van der Waals surface area contributed by atoms with E-state index in [2.05, 4.69) is 0 Å². The highest BCUT2D eigenvalue weighted by Gasteiger charge is 2.27. The first-order valence-corrected chi connectivity index (χ1v) is 6.80. The molecular weight excluding hydrogens is 240 g/mol. The lowest BCUT2D eigenvalue weighted by Crippen LogP contribution is -2.21. The van der Waals surface area contributed by atoms with E-state index in [4.69, 9.17) is 4.74 Å². The number of hydrogen-bond acceptors (Lipinski definition) is 4. The summed E-state index contributed by atoms with van der Waals surface area (Å²) in [5.74, 6) is 0.166. The molecule has 5 heteroatoms. The van der Waals surface area contributed by atoms with Crippen molar-refractivity contribution in [3.05, 3.63) is 24.3 Å². The predicted octanol–water partition coefficient (Wildman–Crippen LogP) is 1.84. The molecule has 1 rings (SSSR count). The van der Waals surface area contributed by atoms with Gasteiger partial charge >= 0.3 is 0 Å². The van der Waals surface area contributed by atoms with Crippen LogP contribution in [0.5, 0.6) is 5.75 Å². The number of hydrogen-bond donors (Lipinski definition) is 0. The first-order valence-electron chi connectivity index (χ1n) is 5.26. The summed E-state index contributed by atoms with van der Waals surface area (Å²) < 4.78 is 29.5. The number of methoxy groups -OCH3 is 1. The highest BCUT2D eigenvalue weighted by Crippen LogP contribution is 2.27. The standard InChI is InChI=1S/C12H16O4S/c1-9(13)8-10(2)17(14,15)12-7-5-4-6-11(12)16-3/h4-7,10H,8H2,1-3H3. The van der Waals surface area contributed by atoms with E-state index in [9.17, 15) is 13.2 Å². The lowest BCUT2D eigenvalue weighted by atomic mass is 10.2. The summed E-state index contributed by atoms with van der Waals surface area (Å²) in [5.41, 5.74) is 0. The van der Waals surface area contributed by atoms with Crippen molar-refractivity contribution in [2.24, 2.45) is 0 Å². The highest BCUT2D eigenvalue weighted by molar-refractivity contribution is 7.92. The van der Waals surface area contributed by atoms with Gasteiger partial charge in [0.1, 0.15) is 16.4 Å². The van der Waals surface area contributed by atoms with Crippen molar-refractivity contribution in [3.8, 4) is 5.75 Å². The number of carbonyl (C=O) groups is 1. The average molecular weight is 256 g/mol. The van der Waals surface area contributed by atoms with E-state index >= 15 is 0 Å². The molecule has 0 saturated heterocycles. The first-order chi connectivity index (χ1) is 7.89. The average Bonchev–Trinajstić information content (AvgIpc) is 2.28. The highest BCUT2D eigenvalue weighted by atomic mass is 32.2. The molecule has 0 aliphatic rings. The van der Waals surface area contributed by atoms with Crippen LogP contribution in [0, 0.1) is 0 Å². The maximum absolute atomic E-state index is 12.2. The van der Waals surface area contributed by atoms with E-state index in [0.717, 1.165) is 0 Å². The zero-order valence-corrected chi connectivity index (χ0v) is 11.0. The van der Waals surface area contributed by atoms with Gasteiger partial charge < -0.3 is 4.74 Å². The van der Waals surface area contributed by atoms with E-state index in [-0.39, 0.29) is 17.1 Å². The molecule has 0 bridgehead atoms. The molecule has 1 atom stereocenters. The minimum Gasteiger partial charge on any atom is -0.495 e. The number of para-hydroxylation sites is 1. The van der Waals surface area contributed by atoms with Gasteiger partial charge in [0.15, 0.2) is 9.84 Å². The van der Waals surface area contributed by atoms with Gasteiger partial charge in [-0.1, -0.05) is 12.1 Å². The number of sulfone groups is 1. The largest absolute Gasteiger partial charge is 0.495 e. The maximum Gasteiger partial charge on any atom is 0.185 e. The van der Waals surface area contributed by atoms with E-state index in [1.807, 2.05) is 0 Å². The third-order valence-corrected chi connectivity index (χ3v) is 4.66. The SMILES string of the molecule is COc1ccccc1S(=O)(=O)C(C)CC(C)=O. The van der Waals surface area contributed by atoms with Gasteiger partial charge in [-0.2, -0.15) is 0 Å². The van der Waals surface area contributed by atoms with Crippen molar-refractivity contribution in [1.82, 2.24) is 0 Å². The molecular formula is C12H16O4S. The Hall–Kier alpha value is -1.36. The van der Waals surface area contributed by atoms with Crippen molar-refractivity contribution in [1.29, 1.82) is 0 Å². The molecule has 1 unspecified atom stereocenters. The maximum atomic E-state index is 12.2. The van der Waals surface area contributed by atoms with Crippen LogP contribution in [-0.4, -0.2) is 26.6 Å². The van der Waals surface area contributed by atoms with Gasteiger partial charge in [0.2, 0.25) is 0 Å². The topological polar surface area (TPSA) is 60.4 Å². The van der Waals surface area contributed by atoms with E-state index in [1.165, 1.54) is 27.0 Å². The third kappa shape index (κ3) is 3.06. The summed E-state index contributed by atoms with van der Waals surface area (Å²) in [6, 6.07) is 6.42. The van der Waals surface area contributed by atoms with Crippen LogP contribution in [-0.2, 0) is 14.6 Å². The van der Waals surface area contributed by atoms with Crippen LogP contribution in [0.2, 0.25) is 0 Å². The molecule has 0 aliphatic carbocycles. The summed E-state index contributed by atoms with van der Waals surface area (Å²) in [7, 11) is -2.10. The Balaban J connectivity index is 3.17. The van der Waals surface area contributed by atoms with Crippen molar-refractivity contribution in [3.63, 3.8) is 0 Å². The van der Waals surface area contributed by atoms with Crippen LogP contribution in [0.4, 0.5) is 0 Å². The number of Topliss-reactive ketones (excluding diaryl/α,β-unsaturated/α-hetero) is 1. The lowest BCUT2D eigenvalue weighted by molar-refractivity contribution is -0.116. The number of ketones is 1. The summed E-state index contributed by atoms with van der Waals surface area (Å²) in [5, 5.41) is -0.740. The van der Waals surface area contributed by atoms with Crippen molar-refractivity contribution < 1.29 is 17.9 Å². The molecule has 0 aromatic heterocycles. The predicted molar refractivity (Wildman–Crippen MR) is 64.9 cm³/mol. The number of carbonyl (C=O) groups excluding carboxylic acids is 1. The Morgan fingerprint density at radius 2 is 1.94 bits per heavy atom. The molecule has 1 aromatic carbocycles. The molecule has 94 valence electrons.